The van der Waals surface area contributed by atoms with Crippen LogP contribution in [0, 0.1) is 0 Å². The third-order valence-electron chi connectivity index (χ3n) is 4.16. The normalized spacial score (nSPS) is 18.5. The Morgan fingerprint density at radius 2 is 2.14 bits per heavy atom. The second kappa shape index (κ2) is 7.14. The molecule has 5 heteroatoms. The zero-order valence-corrected chi connectivity index (χ0v) is 13.2. The fourth-order valence-electron chi connectivity index (χ4n) is 3.12. The number of likely N-dealkylation sites (tertiary alicyclic amines) is 1. The number of ether oxygens (including phenoxy) is 1. The largest absolute Gasteiger partial charge is 0.493 e. The van der Waals surface area contributed by atoms with Crippen molar-refractivity contribution in [2.24, 2.45) is 0 Å². The van der Waals surface area contributed by atoms with Crippen LogP contribution in [0.25, 0.3) is 0 Å². The quantitative estimate of drug-likeness (QED) is 0.930. The molecule has 1 fully saturated rings. The highest BCUT2D eigenvalue weighted by atomic mass is 35.5. The predicted molar refractivity (Wildman–Crippen MR) is 85.0 cm³/mol. The minimum absolute atomic E-state index is 0. The molecule has 0 saturated carbocycles. The molecule has 1 amide bonds. The lowest BCUT2D eigenvalue weighted by atomic mass is 10.0. The number of piperidine rings is 1. The molecule has 2 aliphatic heterocycles. The first-order valence-corrected chi connectivity index (χ1v) is 7.45. The van der Waals surface area contributed by atoms with E-state index in [0.29, 0.717) is 6.04 Å². The molecule has 2 heterocycles. The van der Waals surface area contributed by atoms with E-state index in [1.807, 2.05) is 0 Å². The Morgan fingerprint density at radius 3 is 2.86 bits per heavy atom. The van der Waals surface area contributed by atoms with E-state index >= 15 is 0 Å². The van der Waals surface area contributed by atoms with Crippen molar-refractivity contribution in [2.45, 2.75) is 38.8 Å². The van der Waals surface area contributed by atoms with Crippen molar-refractivity contribution in [3.8, 4) is 5.75 Å². The van der Waals surface area contributed by atoms with Gasteiger partial charge in [-0.2, -0.15) is 0 Å². The van der Waals surface area contributed by atoms with Crippen LogP contribution in [0.3, 0.4) is 0 Å². The summed E-state index contributed by atoms with van der Waals surface area (Å²) in [6.07, 6.45) is 3.13. The molecule has 0 radical (unpaired) electrons. The fourth-order valence-corrected chi connectivity index (χ4v) is 3.12. The molecule has 2 aliphatic rings. The summed E-state index contributed by atoms with van der Waals surface area (Å²) >= 11 is 0. The molecule has 1 N–H and O–H groups in total. The lowest BCUT2D eigenvalue weighted by Gasteiger charge is -2.32. The van der Waals surface area contributed by atoms with Crippen LogP contribution >= 0.6 is 12.4 Å². The van der Waals surface area contributed by atoms with E-state index in [9.17, 15) is 4.79 Å². The number of fused-ring (bicyclic) bond motifs is 1. The number of carbonyl (C=O) groups excluding carboxylic acids is 1. The SMILES string of the molecule is CC(=O)NC1CCN(Cc2ccc3c(c2)CCO3)CC1.Cl. The number of halogens is 1. The molecule has 4 nitrogen and oxygen atoms in total. The molecule has 116 valence electrons. The molecule has 1 aromatic rings. The zero-order chi connectivity index (χ0) is 13.9. The van der Waals surface area contributed by atoms with E-state index in [2.05, 4.69) is 28.4 Å². The summed E-state index contributed by atoms with van der Waals surface area (Å²) in [6.45, 7) is 5.52. The number of rotatable bonds is 3. The smallest absolute Gasteiger partial charge is 0.217 e. The first-order valence-electron chi connectivity index (χ1n) is 7.45. The van der Waals surface area contributed by atoms with Gasteiger partial charge in [0.25, 0.3) is 0 Å². The Balaban J connectivity index is 0.00000161. The first-order chi connectivity index (χ1) is 9.70. The Morgan fingerprint density at radius 1 is 1.38 bits per heavy atom. The molecule has 21 heavy (non-hydrogen) atoms. The number of amides is 1. The summed E-state index contributed by atoms with van der Waals surface area (Å²) in [5.74, 6) is 1.14. The standard InChI is InChI=1S/C16H22N2O2.ClH/c1-12(19)17-15-4-7-18(8-5-15)11-13-2-3-16-14(10-13)6-9-20-16;/h2-3,10,15H,4-9,11H2,1H3,(H,17,19);1H. The molecule has 1 aromatic carbocycles. The maximum absolute atomic E-state index is 11.1. The second-order valence-electron chi connectivity index (χ2n) is 5.79. The topological polar surface area (TPSA) is 41.6 Å². The van der Waals surface area contributed by atoms with Crippen LogP contribution in [0.1, 0.15) is 30.9 Å². The van der Waals surface area contributed by atoms with Crippen LogP contribution < -0.4 is 10.1 Å². The van der Waals surface area contributed by atoms with Gasteiger partial charge < -0.3 is 10.1 Å². The first kappa shape index (κ1) is 16.1. The Kier molecular flexibility index (Phi) is 5.48. The summed E-state index contributed by atoms with van der Waals surface area (Å²) in [4.78, 5) is 13.5. The lowest BCUT2D eigenvalue weighted by molar-refractivity contribution is -0.119. The van der Waals surface area contributed by atoms with Crippen molar-refractivity contribution in [1.82, 2.24) is 10.2 Å². The summed E-state index contributed by atoms with van der Waals surface area (Å²) < 4.78 is 5.54. The number of hydrogen-bond acceptors (Lipinski definition) is 3. The van der Waals surface area contributed by atoms with E-state index in [0.717, 1.165) is 51.3 Å². The molecule has 0 spiro atoms. The Hall–Kier alpha value is -1.26. The summed E-state index contributed by atoms with van der Waals surface area (Å²) in [7, 11) is 0. The molecule has 3 rings (SSSR count). The van der Waals surface area contributed by atoms with Crippen LogP contribution in [0.2, 0.25) is 0 Å². The van der Waals surface area contributed by atoms with Crippen LogP contribution in [-0.4, -0.2) is 36.5 Å². The van der Waals surface area contributed by atoms with Gasteiger partial charge in [0, 0.05) is 39.0 Å². The molecule has 0 unspecified atom stereocenters. The molecule has 0 atom stereocenters. The van der Waals surface area contributed by atoms with Crippen molar-refractivity contribution in [1.29, 1.82) is 0 Å². The highest BCUT2D eigenvalue weighted by Crippen LogP contribution is 2.26. The number of carbonyl (C=O) groups is 1. The number of nitrogens with zero attached hydrogens (tertiary/aromatic N) is 1. The monoisotopic (exact) mass is 310 g/mol. The summed E-state index contributed by atoms with van der Waals surface area (Å²) in [6, 6.07) is 6.91. The predicted octanol–water partition coefficient (Wildman–Crippen LogP) is 2.14. The highest BCUT2D eigenvalue weighted by Gasteiger charge is 2.20. The second-order valence-corrected chi connectivity index (χ2v) is 5.79. The average Bonchev–Trinajstić information content (AvgIpc) is 2.88. The third kappa shape index (κ3) is 4.11. The third-order valence-corrected chi connectivity index (χ3v) is 4.16. The van der Waals surface area contributed by atoms with Gasteiger partial charge in [0.1, 0.15) is 5.75 Å². The van der Waals surface area contributed by atoms with Gasteiger partial charge in [-0.25, -0.2) is 0 Å². The van der Waals surface area contributed by atoms with Crippen LogP contribution in [-0.2, 0) is 17.8 Å². The van der Waals surface area contributed by atoms with Crippen molar-refractivity contribution in [2.75, 3.05) is 19.7 Å². The molecule has 0 aliphatic carbocycles. The molecule has 1 saturated heterocycles. The number of hydrogen-bond donors (Lipinski definition) is 1. The minimum Gasteiger partial charge on any atom is -0.493 e. The van der Waals surface area contributed by atoms with Gasteiger partial charge in [-0.05, 0) is 30.0 Å². The zero-order valence-electron chi connectivity index (χ0n) is 12.4. The van der Waals surface area contributed by atoms with Gasteiger partial charge >= 0.3 is 0 Å². The highest BCUT2D eigenvalue weighted by molar-refractivity contribution is 5.85. The maximum Gasteiger partial charge on any atom is 0.217 e. The van der Waals surface area contributed by atoms with Crippen molar-refractivity contribution in [3.05, 3.63) is 29.3 Å². The number of benzene rings is 1. The fraction of sp³-hybridized carbons (Fsp3) is 0.562. The van der Waals surface area contributed by atoms with Crippen LogP contribution in [0.5, 0.6) is 5.75 Å². The van der Waals surface area contributed by atoms with Crippen molar-refractivity contribution in [3.63, 3.8) is 0 Å². The molecule has 0 aromatic heterocycles. The van der Waals surface area contributed by atoms with Gasteiger partial charge in [-0.3, -0.25) is 9.69 Å². The summed E-state index contributed by atoms with van der Waals surface area (Å²) in [5, 5.41) is 3.02. The van der Waals surface area contributed by atoms with E-state index in [4.69, 9.17) is 4.74 Å². The molecular formula is C16H23ClN2O2. The summed E-state index contributed by atoms with van der Waals surface area (Å²) in [5.41, 5.74) is 2.71. The maximum atomic E-state index is 11.1. The molecule has 0 bridgehead atoms. The Labute approximate surface area is 132 Å². The van der Waals surface area contributed by atoms with Gasteiger partial charge in [0.2, 0.25) is 5.91 Å². The lowest BCUT2D eigenvalue weighted by Crippen LogP contribution is -2.43. The number of nitrogens with one attached hydrogen (secondary N) is 1. The molecular weight excluding hydrogens is 288 g/mol. The van der Waals surface area contributed by atoms with E-state index in [-0.39, 0.29) is 18.3 Å². The van der Waals surface area contributed by atoms with Gasteiger partial charge in [0.15, 0.2) is 0 Å². The van der Waals surface area contributed by atoms with E-state index in [1.165, 1.54) is 11.1 Å². The Bertz CT molecular complexity index is 499. The van der Waals surface area contributed by atoms with Crippen molar-refractivity contribution < 1.29 is 9.53 Å². The van der Waals surface area contributed by atoms with Crippen molar-refractivity contribution >= 4 is 18.3 Å². The van der Waals surface area contributed by atoms with Gasteiger partial charge in [-0.15, -0.1) is 12.4 Å². The van der Waals surface area contributed by atoms with Gasteiger partial charge in [-0.1, -0.05) is 12.1 Å². The van der Waals surface area contributed by atoms with Crippen LogP contribution in [0.15, 0.2) is 18.2 Å². The van der Waals surface area contributed by atoms with Gasteiger partial charge in [0.05, 0.1) is 6.61 Å². The van der Waals surface area contributed by atoms with E-state index < -0.39 is 0 Å². The average molecular weight is 311 g/mol. The minimum atomic E-state index is 0. The van der Waals surface area contributed by atoms with E-state index in [1.54, 1.807) is 6.92 Å². The van der Waals surface area contributed by atoms with Crippen LogP contribution in [0.4, 0.5) is 0 Å².